The highest BCUT2D eigenvalue weighted by atomic mass is 79.9. The topological polar surface area (TPSA) is 62.2 Å². The molecule has 0 atom stereocenters. The zero-order chi connectivity index (χ0) is 14.9. The molecule has 0 amide bonds. The van der Waals surface area contributed by atoms with Gasteiger partial charge in [-0.05, 0) is 46.6 Å². The number of benzene rings is 1. The number of aromatic carboxylic acids is 1. The van der Waals surface area contributed by atoms with E-state index < -0.39 is 5.97 Å². The van der Waals surface area contributed by atoms with E-state index >= 15 is 0 Å². The second-order valence-corrected chi connectivity index (χ2v) is 5.79. The van der Waals surface area contributed by atoms with Crippen LogP contribution in [0.4, 0.5) is 11.5 Å². The number of nitrogens with zero attached hydrogens (tertiary/aromatic N) is 1. The molecule has 0 bridgehead atoms. The quantitative estimate of drug-likeness (QED) is 0.800. The molecule has 0 aliphatic rings. The summed E-state index contributed by atoms with van der Waals surface area (Å²) in [6.07, 6.45) is 1.50. The standard InChI is InChI=1S/C13H9BrCl2N2O2/c1-6-2-10(16)11(4-9(6)15)18-12-8(13(19)20)3-7(14)5-17-12/h2-5H,1H3,(H,17,18)(H,19,20). The summed E-state index contributed by atoms with van der Waals surface area (Å²) in [5.74, 6) is -0.891. The van der Waals surface area contributed by atoms with E-state index in [1.807, 2.05) is 6.92 Å². The van der Waals surface area contributed by atoms with E-state index in [1.165, 1.54) is 12.3 Å². The Kier molecular flexibility index (Phi) is 4.52. The van der Waals surface area contributed by atoms with E-state index in [0.29, 0.717) is 20.2 Å². The Balaban J connectivity index is 2.45. The predicted octanol–water partition coefficient (Wildman–Crippen LogP) is 4.90. The van der Waals surface area contributed by atoms with Crippen molar-refractivity contribution in [3.8, 4) is 0 Å². The number of nitrogens with one attached hydrogen (secondary N) is 1. The smallest absolute Gasteiger partial charge is 0.339 e. The highest BCUT2D eigenvalue weighted by molar-refractivity contribution is 9.10. The molecule has 0 spiro atoms. The Bertz CT molecular complexity index is 692. The van der Waals surface area contributed by atoms with Crippen LogP contribution in [0.3, 0.4) is 0 Å². The van der Waals surface area contributed by atoms with E-state index in [4.69, 9.17) is 23.2 Å². The van der Waals surface area contributed by atoms with Crippen LogP contribution in [0, 0.1) is 6.92 Å². The first-order valence-electron chi connectivity index (χ1n) is 5.50. The van der Waals surface area contributed by atoms with Gasteiger partial charge in [-0.2, -0.15) is 0 Å². The van der Waals surface area contributed by atoms with Crippen LogP contribution in [0.25, 0.3) is 0 Å². The van der Waals surface area contributed by atoms with Gasteiger partial charge >= 0.3 is 5.97 Å². The lowest BCUT2D eigenvalue weighted by Crippen LogP contribution is -2.05. The summed E-state index contributed by atoms with van der Waals surface area (Å²) in [7, 11) is 0. The van der Waals surface area contributed by atoms with Crippen molar-refractivity contribution in [1.29, 1.82) is 0 Å². The van der Waals surface area contributed by atoms with Gasteiger partial charge in [0.1, 0.15) is 11.4 Å². The van der Waals surface area contributed by atoms with Gasteiger partial charge in [0.05, 0.1) is 10.7 Å². The van der Waals surface area contributed by atoms with Gasteiger partial charge in [-0.1, -0.05) is 23.2 Å². The monoisotopic (exact) mass is 374 g/mol. The third kappa shape index (κ3) is 3.23. The second-order valence-electron chi connectivity index (χ2n) is 4.06. The van der Waals surface area contributed by atoms with E-state index in [1.54, 1.807) is 12.1 Å². The number of carbonyl (C=O) groups is 1. The van der Waals surface area contributed by atoms with Crippen LogP contribution >= 0.6 is 39.1 Å². The van der Waals surface area contributed by atoms with Crippen LogP contribution < -0.4 is 5.32 Å². The van der Waals surface area contributed by atoms with E-state index in [-0.39, 0.29) is 11.4 Å². The van der Waals surface area contributed by atoms with Gasteiger partial charge in [0.15, 0.2) is 0 Å². The fourth-order valence-corrected chi connectivity index (χ4v) is 2.33. The molecule has 1 heterocycles. The van der Waals surface area contributed by atoms with Crippen molar-refractivity contribution in [1.82, 2.24) is 4.98 Å². The average Bonchev–Trinajstić information content (AvgIpc) is 2.37. The van der Waals surface area contributed by atoms with Crippen molar-refractivity contribution < 1.29 is 9.90 Å². The van der Waals surface area contributed by atoms with Gasteiger partial charge in [0, 0.05) is 15.7 Å². The van der Waals surface area contributed by atoms with Crippen molar-refractivity contribution in [2.24, 2.45) is 0 Å². The Morgan fingerprint density at radius 3 is 2.65 bits per heavy atom. The van der Waals surface area contributed by atoms with E-state index in [2.05, 4.69) is 26.2 Å². The molecule has 2 rings (SSSR count). The van der Waals surface area contributed by atoms with E-state index in [9.17, 15) is 9.90 Å². The van der Waals surface area contributed by atoms with Crippen LogP contribution in [-0.2, 0) is 0 Å². The lowest BCUT2D eigenvalue weighted by Gasteiger charge is -2.11. The molecule has 2 aromatic rings. The zero-order valence-electron chi connectivity index (χ0n) is 10.2. The van der Waals surface area contributed by atoms with Gasteiger partial charge in [0.2, 0.25) is 0 Å². The lowest BCUT2D eigenvalue weighted by atomic mass is 10.2. The molecule has 2 N–H and O–H groups in total. The third-order valence-electron chi connectivity index (χ3n) is 2.59. The molecule has 1 aromatic heterocycles. The van der Waals surface area contributed by atoms with Crippen LogP contribution in [0.1, 0.15) is 15.9 Å². The molecule has 7 heteroatoms. The molecule has 0 saturated carbocycles. The van der Waals surface area contributed by atoms with Gasteiger partial charge in [-0.15, -0.1) is 0 Å². The van der Waals surface area contributed by atoms with E-state index in [0.717, 1.165) is 5.56 Å². The summed E-state index contributed by atoms with van der Waals surface area (Å²) < 4.78 is 0.577. The molecule has 4 nitrogen and oxygen atoms in total. The number of carboxylic acids is 1. The van der Waals surface area contributed by atoms with Crippen molar-refractivity contribution in [3.05, 3.63) is 50.0 Å². The number of aryl methyl sites for hydroxylation is 1. The molecule has 0 aliphatic heterocycles. The number of carboxylic acid groups (broad SMARTS) is 1. The van der Waals surface area contributed by atoms with Crippen LogP contribution in [-0.4, -0.2) is 16.1 Å². The lowest BCUT2D eigenvalue weighted by molar-refractivity contribution is 0.0697. The van der Waals surface area contributed by atoms with Gasteiger partial charge < -0.3 is 10.4 Å². The summed E-state index contributed by atoms with van der Waals surface area (Å²) >= 11 is 15.3. The fourth-order valence-electron chi connectivity index (χ4n) is 1.57. The molecule has 0 saturated heterocycles. The molecule has 104 valence electrons. The Labute approximate surface area is 133 Å². The minimum atomic E-state index is -1.09. The largest absolute Gasteiger partial charge is 0.478 e. The minimum absolute atomic E-state index is 0.0344. The number of aromatic nitrogens is 1. The number of pyridine rings is 1. The number of anilines is 2. The van der Waals surface area contributed by atoms with Crippen molar-refractivity contribution in [2.45, 2.75) is 6.92 Å². The summed E-state index contributed by atoms with van der Waals surface area (Å²) in [4.78, 5) is 15.3. The maximum Gasteiger partial charge on any atom is 0.339 e. The molecule has 0 unspecified atom stereocenters. The van der Waals surface area contributed by atoms with Crippen molar-refractivity contribution in [2.75, 3.05) is 5.32 Å². The van der Waals surface area contributed by atoms with Crippen LogP contribution in [0.15, 0.2) is 28.9 Å². The van der Waals surface area contributed by atoms with Crippen LogP contribution in [0.5, 0.6) is 0 Å². The maximum atomic E-state index is 11.2. The first-order valence-corrected chi connectivity index (χ1v) is 7.05. The van der Waals surface area contributed by atoms with Gasteiger partial charge in [-0.3, -0.25) is 0 Å². The van der Waals surface area contributed by atoms with Crippen LogP contribution in [0.2, 0.25) is 10.0 Å². The Morgan fingerprint density at radius 1 is 1.30 bits per heavy atom. The molecule has 1 aromatic carbocycles. The third-order valence-corrected chi connectivity index (χ3v) is 3.74. The maximum absolute atomic E-state index is 11.2. The van der Waals surface area contributed by atoms with Gasteiger partial charge in [-0.25, -0.2) is 9.78 Å². The van der Waals surface area contributed by atoms with Crippen molar-refractivity contribution >= 4 is 56.6 Å². The summed E-state index contributed by atoms with van der Waals surface area (Å²) in [6, 6.07) is 4.79. The molecule has 0 fully saturated rings. The molecule has 0 radical (unpaired) electrons. The number of hydrogen-bond donors (Lipinski definition) is 2. The highest BCUT2D eigenvalue weighted by Crippen LogP contribution is 2.31. The summed E-state index contributed by atoms with van der Waals surface area (Å²) in [6.45, 7) is 1.83. The number of hydrogen-bond acceptors (Lipinski definition) is 3. The summed E-state index contributed by atoms with van der Waals surface area (Å²) in [5.41, 5.74) is 1.37. The normalized spacial score (nSPS) is 10.4. The summed E-state index contributed by atoms with van der Waals surface area (Å²) in [5, 5.41) is 13.0. The Morgan fingerprint density at radius 2 is 2.00 bits per heavy atom. The predicted molar refractivity (Wildman–Crippen MR) is 83.4 cm³/mol. The highest BCUT2D eigenvalue weighted by Gasteiger charge is 2.14. The minimum Gasteiger partial charge on any atom is -0.478 e. The van der Waals surface area contributed by atoms with Crippen molar-refractivity contribution in [3.63, 3.8) is 0 Å². The molecule has 0 aliphatic carbocycles. The first kappa shape index (κ1) is 15.1. The molecular formula is C13H9BrCl2N2O2. The first-order chi connectivity index (χ1) is 9.38. The molecular weight excluding hydrogens is 367 g/mol. The second kappa shape index (κ2) is 5.99. The molecule has 20 heavy (non-hydrogen) atoms. The zero-order valence-corrected chi connectivity index (χ0v) is 13.3. The average molecular weight is 376 g/mol. The number of rotatable bonds is 3. The SMILES string of the molecule is Cc1cc(Cl)c(Nc2ncc(Br)cc2C(=O)O)cc1Cl. The number of halogens is 3. The fraction of sp³-hybridized carbons (Fsp3) is 0.0769. The van der Waals surface area contributed by atoms with Gasteiger partial charge in [0.25, 0.3) is 0 Å². The Hall–Kier alpha value is -1.30.